The first-order chi connectivity index (χ1) is 14.8. The fraction of sp³-hybridized carbons (Fsp3) is 0.880. The highest BCUT2D eigenvalue weighted by atomic mass is 16.6. The zero-order valence-corrected chi connectivity index (χ0v) is 19.7. The summed E-state index contributed by atoms with van der Waals surface area (Å²) in [5.41, 5.74) is 0. The molecule has 3 rings (SSSR count). The van der Waals surface area contributed by atoms with E-state index in [9.17, 15) is 9.90 Å². The predicted molar refractivity (Wildman–Crippen MR) is 119 cm³/mol. The monoisotopic (exact) mass is 438 g/mol. The summed E-state index contributed by atoms with van der Waals surface area (Å²) < 4.78 is 24.3. The number of esters is 1. The Morgan fingerprint density at radius 2 is 1.84 bits per heavy atom. The number of aliphatic hydroxyl groups excluding tert-OH is 1. The average molecular weight is 439 g/mol. The third kappa shape index (κ3) is 7.85. The second-order valence-electron chi connectivity index (χ2n) is 10.2. The van der Waals surface area contributed by atoms with Gasteiger partial charge >= 0.3 is 5.97 Å². The zero-order chi connectivity index (χ0) is 22.4. The van der Waals surface area contributed by atoms with Gasteiger partial charge < -0.3 is 24.1 Å². The van der Waals surface area contributed by atoms with Crippen LogP contribution < -0.4 is 0 Å². The van der Waals surface area contributed by atoms with Gasteiger partial charge in [-0.3, -0.25) is 4.79 Å². The van der Waals surface area contributed by atoms with Crippen molar-refractivity contribution in [2.75, 3.05) is 7.11 Å². The summed E-state index contributed by atoms with van der Waals surface area (Å²) in [6, 6.07) is 0. The molecule has 1 N–H and O–H groups in total. The van der Waals surface area contributed by atoms with Crippen LogP contribution in [0.25, 0.3) is 0 Å². The van der Waals surface area contributed by atoms with Gasteiger partial charge in [0.05, 0.1) is 43.0 Å². The Balaban J connectivity index is 1.78. The second-order valence-corrected chi connectivity index (χ2v) is 10.2. The zero-order valence-electron chi connectivity index (χ0n) is 19.7. The average Bonchev–Trinajstić information content (AvgIpc) is 2.68. The molecule has 0 aromatic rings. The molecule has 3 unspecified atom stereocenters. The maximum atomic E-state index is 12.7. The first-order valence-electron chi connectivity index (χ1n) is 12.2. The van der Waals surface area contributed by atoms with Crippen LogP contribution in [0.1, 0.15) is 78.6 Å². The third-order valence-corrected chi connectivity index (χ3v) is 6.89. The second kappa shape index (κ2) is 11.8. The van der Waals surface area contributed by atoms with Gasteiger partial charge in [-0.05, 0) is 50.0 Å². The van der Waals surface area contributed by atoms with Crippen molar-refractivity contribution in [1.29, 1.82) is 0 Å². The molecule has 0 radical (unpaired) electrons. The lowest BCUT2D eigenvalue weighted by Gasteiger charge is -2.39. The highest BCUT2D eigenvalue weighted by molar-refractivity contribution is 5.70. The van der Waals surface area contributed by atoms with Crippen LogP contribution in [-0.2, 0) is 23.7 Å². The number of allylic oxidation sites excluding steroid dienone is 1. The first kappa shape index (κ1) is 24.7. The minimum Gasteiger partial charge on any atom is -0.458 e. The maximum absolute atomic E-state index is 12.7. The van der Waals surface area contributed by atoms with E-state index in [-0.39, 0.29) is 49.0 Å². The molecule has 3 aliphatic heterocycles. The van der Waals surface area contributed by atoms with Crippen LogP contribution in [0.5, 0.6) is 0 Å². The number of methoxy groups -OCH3 is 1. The van der Waals surface area contributed by atoms with Crippen molar-refractivity contribution in [3.63, 3.8) is 0 Å². The molecule has 6 heteroatoms. The van der Waals surface area contributed by atoms with E-state index in [1.54, 1.807) is 7.11 Å². The number of hydrogen-bond acceptors (Lipinski definition) is 6. The Kier molecular flexibility index (Phi) is 9.38. The number of cyclic esters (lactones) is 1. The van der Waals surface area contributed by atoms with Crippen LogP contribution in [0.3, 0.4) is 0 Å². The number of aliphatic hydroxyl groups is 1. The Labute approximate surface area is 187 Å². The quantitative estimate of drug-likeness (QED) is 0.524. The van der Waals surface area contributed by atoms with Gasteiger partial charge in [-0.1, -0.05) is 26.8 Å². The summed E-state index contributed by atoms with van der Waals surface area (Å²) in [5, 5.41) is 10.4. The van der Waals surface area contributed by atoms with E-state index >= 15 is 0 Å². The lowest BCUT2D eigenvalue weighted by Crippen LogP contribution is -2.42. The van der Waals surface area contributed by atoms with Crippen LogP contribution in [0, 0.1) is 11.8 Å². The number of carbonyl (C=O) groups is 1. The molecule has 3 saturated heterocycles. The van der Waals surface area contributed by atoms with Crippen LogP contribution >= 0.6 is 0 Å². The topological polar surface area (TPSA) is 74.2 Å². The van der Waals surface area contributed by atoms with Crippen molar-refractivity contribution in [2.24, 2.45) is 11.8 Å². The third-order valence-electron chi connectivity index (χ3n) is 6.89. The van der Waals surface area contributed by atoms with Crippen molar-refractivity contribution >= 4 is 5.97 Å². The number of rotatable bonds is 4. The Morgan fingerprint density at radius 3 is 2.58 bits per heavy atom. The van der Waals surface area contributed by atoms with Crippen molar-refractivity contribution in [3.05, 3.63) is 12.2 Å². The number of carbonyl (C=O) groups excluding carboxylic acids is 1. The first-order valence-corrected chi connectivity index (χ1v) is 12.2. The SMILES string of the molecule is CO[C@H]1CC2C[C@H](O)C[C@@H](CC(=O)O[C@H](C=CCC(C)C)C[C@@H]3CCC(C)C(C1)O3)O2. The van der Waals surface area contributed by atoms with Crippen LogP contribution in [-0.4, -0.2) is 60.9 Å². The smallest absolute Gasteiger partial charge is 0.309 e. The summed E-state index contributed by atoms with van der Waals surface area (Å²) in [5.74, 6) is 0.754. The summed E-state index contributed by atoms with van der Waals surface area (Å²) >= 11 is 0. The van der Waals surface area contributed by atoms with Gasteiger partial charge in [0, 0.05) is 26.4 Å². The van der Waals surface area contributed by atoms with Crippen LogP contribution in [0.15, 0.2) is 12.2 Å². The van der Waals surface area contributed by atoms with E-state index in [0.29, 0.717) is 37.5 Å². The lowest BCUT2D eigenvalue weighted by molar-refractivity contribution is -0.165. The largest absolute Gasteiger partial charge is 0.458 e. The molecule has 0 saturated carbocycles. The van der Waals surface area contributed by atoms with E-state index in [4.69, 9.17) is 18.9 Å². The molecule has 0 aromatic carbocycles. The van der Waals surface area contributed by atoms with Crippen LogP contribution in [0.2, 0.25) is 0 Å². The summed E-state index contributed by atoms with van der Waals surface area (Å²) in [4.78, 5) is 12.7. The van der Waals surface area contributed by atoms with Gasteiger partial charge in [-0.2, -0.15) is 0 Å². The molecule has 0 aliphatic carbocycles. The molecule has 8 atom stereocenters. The molecule has 0 spiro atoms. The van der Waals surface area contributed by atoms with Crippen molar-refractivity contribution in [2.45, 2.75) is 121 Å². The summed E-state index contributed by atoms with van der Waals surface area (Å²) in [7, 11) is 1.74. The lowest BCUT2D eigenvalue weighted by atomic mass is 9.87. The molecule has 0 amide bonds. The van der Waals surface area contributed by atoms with Gasteiger partial charge in [-0.15, -0.1) is 0 Å². The molecular formula is C25H42O6. The maximum Gasteiger partial charge on any atom is 0.309 e. The molecule has 3 fully saturated rings. The van der Waals surface area contributed by atoms with E-state index in [1.165, 1.54) is 0 Å². The van der Waals surface area contributed by atoms with Crippen LogP contribution in [0.4, 0.5) is 0 Å². The molecular weight excluding hydrogens is 396 g/mol. The molecule has 3 aliphatic rings. The minimum absolute atomic E-state index is 0.0128. The molecule has 31 heavy (non-hydrogen) atoms. The number of fused-ring (bicyclic) bond motifs is 4. The molecule has 178 valence electrons. The standard InChI is InChI=1S/C25H42O6/c1-16(2)6-5-7-19-12-20-9-8-17(3)24(30-20)14-21(28-4)13-22-10-18(26)11-23(29-22)15-25(27)31-19/h5,7,16-24,26H,6,8-15H2,1-4H3/t17?,18-,19+,20-,21-,22?,23-,24?/m0/s1. The molecule has 0 aromatic heterocycles. The van der Waals surface area contributed by atoms with E-state index in [0.717, 1.165) is 25.7 Å². The van der Waals surface area contributed by atoms with Crippen molar-refractivity contribution < 1.29 is 28.8 Å². The Bertz CT molecular complexity index is 591. The van der Waals surface area contributed by atoms with Crippen molar-refractivity contribution in [1.82, 2.24) is 0 Å². The van der Waals surface area contributed by atoms with Gasteiger partial charge in [0.15, 0.2) is 0 Å². The van der Waals surface area contributed by atoms with E-state index in [1.807, 2.05) is 6.08 Å². The highest BCUT2D eigenvalue weighted by Gasteiger charge is 2.36. The minimum atomic E-state index is -0.460. The van der Waals surface area contributed by atoms with E-state index < -0.39 is 6.10 Å². The fourth-order valence-corrected chi connectivity index (χ4v) is 5.09. The number of ether oxygens (including phenoxy) is 4. The normalized spacial score (nSPS) is 40.5. The molecule has 4 bridgehead atoms. The molecule has 3 heterocycles. The van der Waals surface area contributed by atoms with Gasteiger partial charge in [0.25, 0.3) is 0 Å². The number of hydrogen-bond donors (Lipinski definition) is 1. The summed E-state index contributed by atoms with van der Waals surface area (Å²) in [6.07, 6.45) is 9.64. The van der Waals surface area contributed by atoms with E-state index in [2.05, 4.69) is 26.8 Å². The van der Waals surface area contributed by atoms with Gasteiger partial charge in [-0.25, -0.2) is 0 Å². The Hall–Kier alpha value is -0.950. The fourth-order valence-electron chi connectivity index (χ4n) is 5.09. The van der Waals surface area contributed by atoms with Gasteiger partial charge in [0.1, 0.15) is 6.10 Å². The molecule has 6 nitrogen and oxygen atoms in total. The van der Waals surface area contributed by atoms with Gasteiger partial charge in [0.2, 0.25) is 0 Å². The Morgan fingerprint density at radius 1 is 1.06 bits per heavy atom. The van der Waals surface area contributed by atoms with Crippen molar-refractivity contribution in [3.8, 4) is 0 Å². The predicted octanol–water partition coefficient (Wildman–Crippen LogP) is 4.18. The highest BCUT2D eigenvalue weighted by Crippen LogP contribution is 2.33. The summed E-state index contributed by atoms with van der Waals surface area (Å²) in [6.45, 7) is 6.59.